The zero-order chi connectivity index (χ0) is 15.7. The Hall–Kier alpha value is -2.18. The van der Waals surface area contributed by atoms with Gasteiger partial charge < -0.3 is 10.0 Å². The first-order valence-electron chi connectivity index (χ1n) is 6.07. The highest BCUT2D eigenvalue weighted by Gasteiger charge is 2.30. The summed E-state index contributed by atoms with van der Waals surface area (Å²) < 4.78 is 13.6. The molecule has 0 aromatic heterocycles. The van der Waals surface area contributed by atoms with Crippen molar-refractivity contribution < 1.29 is 19.2 Å². The smallest absolute Gasteiger partial charge is 0.338 e. The Bertz CT molecular complexity index is 558. The minimum atomic E-state index is -1.46. The number of hydrogen-bond acceptors (Lipinski definition) is 4. The number of rotatable bonds is 5. The number of hydrogen-bond donors (Lipinski definition) is 1. The number of nitro groups is 1. The van der Waals surface area contributed by atoms with Crippen molar-refractivity contribution >= 4 is 17.3 Å². The molecule has 7 heteroatoms. The summed E-state index contributed by atoms with van der Waals surface area (Å²) in [6.07, 6.45) is 0.681. The number of carboxylic acid groups (broad SMARTS) is 1. The molecule has 0 saturated heterocycles. The van der Waals surface area contributed by atoms with Gasteiger partial charge in [0.15, 0.2) is 0 Å². The number of aromatic carboxylic acids is 1. The van der Waals surface area contributed by atoms with Crippen LogP contribution in [0.5, 0.6) is 0 Å². The van der Waals surface area contributed by atoms with Crippen molar-refractivity contribution in [1.29, 1.82) is 0 Å². The maximum atomic E-state index is 13.6. The van der Waals surface area contributed by atoms with Gasteiger partial charge in [-0.2, -0.15) is 0 Å². The lowest BCUT2D eigenvalue weighted by molar-refractivity contribution is -0.384. The summed E-state index contributed by atoms with van der Waals surface area (Å²) in [5, 5.41) is 20.0. The van der Waals surface area contributed by atoms with E-state index in [0.29, 0.717) is 12.5 Å². The number of carbonyl (C=O) groups is 1. The van der Waals surface area contributed by atoms with Crippen molar-refractivity contribution in [1.82, 2.24) is 0 Å². The van der Waals surface area contributed by atoms with Gasteiger partial charge in [0.25, 0.3) is 5.69 Å². The van der Waals surface area contributed by atoms with Gasteiger partial charge in [-0.15, -0.1) is 0 Å². The monoisotopic (exact) mass is 284 g/mol. The zero-order valence-corrected chi connectivity index (χ0v) is 11.8. The molecule has 0 unspecified atom stereocenters. The van der Waals surface area contributed by atoms with E-state index in [1.165, 1.54) is 0 Å². The summed E-state index contributed by atoms with van der Waals surface area (Å²) in [5.74, 6) is -2.57. The van der Waals surface area contributed by atoms with E-state index in [1.54, 1.807) is 11.9 Å². The maximum absolute atomic E-state index is 13.6. The molecule has 0 bridgehead atoms. The van der Waals surface area contributed by atoms with E-state index in [4.69, 9.17) is 5.11 Å². The van der Waals surface area contributed by atoms with Gasteiger partial charge in [0.05, 0.1) is 16.6 Å². The third-order valence-corrected chi connectivity index (χ3v) is 3.63. The number of anilines is 1. The highest BCUT2D eigenvalue weighted by atomic mass is 19.1. The fourth-order valence-electron chi connectivity index (χ4n) is 1.69. The Morgan fingerprint density at radius 3 is 2.45 bits per heavy atom. The van der Waals surface area contributed by atoms with Gasteiger partial charge in [0.1, 0.15) is 11.5 Å². The fraction of sp³-hybridized carbons (Fsp3) is 0.462. The van der Waals surface area contributed by atoms with E-state index in [1.807, 2.05) is 20.8 Å². The second-order valence-corrected chi connectivity index (χ2v) is 5.11. The largest absolute Gasteiger partial charge is 0.478 e. The quantitative estimate of drug-likeness (QED) is 0.663. The lowest BCUT2D eigenvalue weighted by Crippen LogP contribution is -2.41. The minimum absolute atomic E-state index is 0.0839. The first-order valence-corrected chi connectivity index (χ1v) is 6.07. The van der Waals surface area contributed by atoms with Crippen molar-refractivity contribution in [2.75, 3.05) is 11.9 Å². The molecule has 0 aliphatic heterocycles. The van der Waals surface area contributed by atoms with Gasteiger partial charge in [0, 0.05) is 12.6 Å². The number of carboxylic acids is 1. The van der Waals surface area contributed by atoms with E-state index in [9.17, 15) is 19.3 Å². The van der Waals surface area contributed by atoms with Gasteiger partial charge in [-0.05, 0) is 26.3 Å². The molecule has 1 N–H and O–H groups in total. The molecule has 1 rings (SSSR count). The van der Waals surface area contributed by atoms with Gasteiger partial charge in [-0.1, -0.05) is 6.92 Å². The van der Waals surface area contributed by atoms with Crippen LogP contribution in [0.25, 0.3) is 0 Å². The molecule has 110 valence electrons. The predicted molar refractivity (Wildman–Crippen MR) is 72.8 cm³/mol. The Balaban J connectivity index is 3.54. The molecular weight excluding hydrogens is 267 g/mol. The zero-order valence-electron chi connectivity index (χ0n) is 11.8. The van der Waals surface area contributed by atoms with Crippen LogP contribution in [-0.2, 0) is 0 Å². The van der Waals surface area contributed by atoms with E-state index >= 15 is 0 Å². The average molecular weight is 284 g/mol. The molecule has 0 fully saturated rings. The molecule has 0 radical (unpaired) electrons. The SMILES string of the molecule is CCC(C)(C)N(C)c1cc(C(=O)O)c(F)cc1[N+](=O)[O-]. The molecular formula is C13H17FN2O4. The van der Waals surface area contributed by atoms with Crippen molar-refractivity contribution in [3.63, 3.8) is 0 Å². The third-order valence-electron chi connectivity index (χ3n) is 3.63. The highest BCUT2D eigenvalue weighted by molar-refractivity contribution is 5.90. The fourth-order valence-corrected chi connectivity index (χ4v) is 1.69. The molecule has 0 aliphatic rings. The molecule has 0 amide bonds. The van der Waals surface area contributed by atoms with Crippen molar-refractivity contribution in [3.05, 3.63) is 33.6 Å². The number of benzene rings is 1. The first kappa shape index (κ1) is 15.9. The molecule has 0 heterocycles. The van der Waals surface area contributed by atoms with Crippen LogP contribution in [0, 0.1) is 15.9 Å². The lowest BCUT2D eigenvalue weighted by Gasteiger charge is -2.36. The number of nitro benzene ring substituents is 1. The summed E-state index contributed by atoms with van der Waals surface area (Å²) in [6.45, 7) is 5.63. The molecule has 20 heavy (non-hydrogen) atoms. The van der Waals surface area contributed by atoms with Crippen LogP contribution < -0.4 is 4.90 Å². The summed E-state index contributed by atoms with van der Waals surface area (Å²) in [4.78, 5) is 22.9. The molecule has 1 aromatic rings. The van der Waals surface area contributed by atoms with Crippen LogP contribution in [-0.4, -0.2) is 28.6 Å². The topological polar surface area (TPSA) is 83.7 Å². The molecule has 0 spiro atoms. The van der Waals surface area contributed by atoms with Crippen LogP contribution in [0.3, 0.4) is 0 Å². The Labute approximate surface area is 116 Å². The maximum Gasteiger partial charge on any atom is 0.338 e. The molecule has 0 saturated carbocycles. The first-order chi connectivity index (χ1) is 9.11. The second kappa shape index (κ2) is 5.44. The Morgan fingerprint density at radius 1 is 1.50 bits per heavy atom. The van der Waals surface area contributed by atoms with Crippen LogP contribution in [0.15, 0.2) is 12.1 Å². The van der Waals surface area contributed by atoms with Crippen LogP contribution in [0.4, 0.5) is 15.8 Å². The molecule has 0 atom stereocenters. The number of nitrogens with zero attached hydrogens (tertiary/aromatic N) is 2. The summed E-state index contributed by atoms with van der Waals surface area (Å²) in [5.41, 5.74) is -1.38. The van der Waals surface area contributed by atoms with Crippen molar-refractivity contribution in [2.45, 2.75) is 32.7 Å². The summed E-state index contributed by atoms with van der Waals surface area (Å²) in [7, 11) is 1.62. The molecule has 1 aromatic carbocycles. The molecule has 0 aliphatic carbocycles. The Kier molecular flexibility index (Phi) is 4.32. The second-order valence-electron chi connectivity index (χ2n) is 5.11. The van der Waals surface area contributed by atoms with Gasteiger partial charge in [-0.25, -0.2) is 9.18 Å². The average Bonchev–Trinajstić information content (AvgIpc) is 2.36. The van der Waals surface area contributed by atoms with E-state index < -0.39 is 33.5 Å². The summed E-state index contributed by atoms with van der Waals surface area (Å²) in [6, 6.07) is 1.66. The van der Waals surface area contributed by atoms with E-state index in [-0.39, 0.29) is 5.69 Å². The van der Waals surface area contributed by atoms with Gasteiger partial charge in [-0.3, -0.25) is 10.1 Å². The normalized spacial score (nSPS) is 11.2. The Morgan fingerprint density at radius 2 is 2.05 bits per heavy atom. The lowest BCUT2D eigenvalue weighted by atomic mass is 9.98. The molecule has 6 nitrogen and oxygen atoms in total. The number of halogens is 1. The minimum Gasteiger partial charge on any atom is -0.478 e. The van der Waals surface area contributed by atoms with Crippen LogP contribution in [0.1, 0.15) is 37.6 Å². The highest BCUT2D eigenvalue weighted by Crippen LogP contribution is 2.35. The van der Waals surface area contributed by atoms with Crippen LogP contribution >= 0.6 is 0 Å². The van der Waals surface area contributed by atoms with Gasteiger partial charge in [0.2, 0.25) is 0 Å². The predicted octanol–water partition coefficient (Wildman–Crippen LogP) is 3.06. The van der Waals surface area contributed by atoms with E-state index in [2.05, 4.69) is 0 Å². The van der Waals surface area contributed by atoms with Gasteiger partial charge >= 0.3 is 5.97 Å². The van der Waals surface area contributed by atoms with E-state index in [0.717, 1.165) is 6.07 Å². The standard InChI is InChI=1S/C13H17FN2O4/c1-5-13(2,3)15(4)10-6-8(12(17)18)9(14)7-11(10)16(19)20/h6-7H,5H2,1-4H3,(H,17,18). The van der Waals surface area contributed by atoms with Crippen molar-refractivity contribution in [2.24, 2.45) is 0 Å². The van der Waals surface area contributed by atoms with Crippen molar-refractivity contribution in [3.8, 4) is 0 Å². The summed E-state index contributed by atoms with van der Waals surface area (Å²) >= 11 is 0. The van der Waals surface area contributed by atoms with Crippen LogP contribution in [0.2, 0.25) is 0 Å². The third kappa shape index (κ3) is 2.87.